The van der Waals surface area contributed by atoms with Gasteiger partial charge in [-0.2, -0.15) is 5.26 Å². The summed E-state index contributed by atoms with van der Waals surface area (Å²) in [4.78, 5) is 4.10. The van der Waals surface area contributed by atoms with E-state index in [1.807, 2.05) is 12.1 Å². The Labute approximate surface area is 111 Å². The van der Waals surface area contributed by atoms with Crippen LogP contribution in [0.25, 0.3) is 10.9 Å². The molecular weight excluding hydrogens is 234 g/mol. The second-order valence-electron chi connectivity index (χ2n) is 4.63. The zero-order valence-electron chi connectivity index (χ0n) is 10.7. The largest absolute Gasteiger partial charge is 0.343 e. The van der Waals surface area contributed by atoms with Crippen molar-refractivity contribution in [2.45, 2.75) is 13.5 Å². The van der Waals surface area contributed by atoms with Crippen LogP contribution in [-0.4, -0.2) is 9.55 Å². The highest BCUT2D eigenvalue weighted by atomic mass is 15.0. The number of nitrogens with zero attached hydrogens (tertiary/aromatic N) is 3. The number of hydrogen-bond donors (Lipinski definition) is 0. The number of nitriles is 1. The zero-order chi connectivity index (χ0) is 13.2. The number of aryl methyl sites for hydroxylation is 1. The van der Waals surface area contributed by atoms with Gasteiger partial charge in [0, 0.05) is 23.5 Å². The summed E-state index contributed by atoms with van der Waals surface area (Å²) in [5.74, 6) is 0. The fourth-order valence-corrected chi connectivity index (χ4v) is 2.31. The van der Waals surface area contributed by atoms with Crippen LogP contribution < -0.4 is 0 Å². The smallest absolute Gasteiger partial charge is 0.145 e. The van der Waals surface area contributed by atoms with Crippen LogP contribution in [0.15, 0.2) is 48.8 Å². The van der Waals surface area contributed by atoms with Gasteiger partial charge in [0.2, 0.25) is 0 Å². The number of hydrogen-bond acceptors (Lipinski definition) is 2. The van der Waals surface area contributed by atoms with E-state index in [0.29, 0.717) is 12.2 Å². The van der Waals surface area contributed by atoms with E-state index >= 15 is 0 Å². The quantitative estimate of drug-likeness (QED) is 0.697. The summed E-state index contributed by atoms with van der Waals surface area (Å²) in [5, 5.41) is 10.3. The van der Waals surface area contributed by atoms with Crippen molar-refractivity contribution in [2.24, 2.45) is 0 Å². The van der Waals surface area contributed by atoms with E-state index in [-0.39, 0.29) is 0 Å². The Bertz CT molecular complexity index is 778. The number of aromatic nitrogens is 2. The Hall–Kier alpha value is -2.60. The molecule has 0 bridgehead atoms. The van der Waals surface area contributed by atoms with E-state index in [9.17, 15) is 0 Å². The van der Waals surface area contributed by atoms with Gasteiger partial charge in [-0.3, -0.25) is 0 Å². The van der Waals surface area contributed by atoms with Crippen LogP contribution in [0.1, 0.15) is 16.8 Å². The second-order valence-corrected chi connectivity index (χ2v) is 4.63. The van der Waals surface area contributed by atoms with E-state index in [4.69, 9.17) is 5.26 Å². The Kier molecular flexibility index (Phi) is 2.77. The van der Waals surface area contributed by atoms with E-state index in [1.54, 1.807) is 6.20 Å². The van der Waals surface area contributed by atoms with Crippen molar-refractivity contribution in [2.75, 3.05) is 0 Å². The highest BCUT2D eigenvalue weighted by Gasteiger charge is 2.06. The van der Waals surface area contributed by atoms with Gasteiger partial charge in [-0.05, 0) is 36.6 Å². The number of benzene rings is 1. The molecule has 3 nitrogen and oxygen atoms in total. The third kappa shape index (κ3) is 2.09. The minimum atomic E-state index is 0.497. The molecular formula is C16H13N3. The SMILES string of the molecule is Cc1ccc2c(ccn2Cc2cccnc2C#N)c1. The Balaban J connectivity index is 2.04. The highest BCUT2D eigenvalue weighted by Crippen LogP contribution is 2.19. The average molecular weight is 247 g/mol. The number of fused-ring (bicyclic) bond motifs is 1. The predicted octanol–water partition coefficient (Wildman–Crippen LogP) is 3.26. The topological polar surface area (TPSA) is 41.6 Å². The molecule has 0 aliphatic heterocycles. The molecule has 3 aromatic rings. The van der Waals surface area contributed by atoms with Crippen LogP contribution in [0.2, 0.25) is 0 Å². The molecule has 0 aliphatic rings. The molecule has 0 spiro atoms. The monoisotopic (exact) mass is 247 g/mol. The molecule has 3 heteroatoms. The first kappa shape index (κ1) is 11.5. The molecule has 0 fully saturated rings. The molecule has 0 N–H and O–H groups in total. The third-order valence-corrected chi connectivity index (χ3v) is 3.26. The molecule has 0 aliphatic carbocycles. The summed E-state index contributed by atoms with van der Waals surface area (Å²) in [6.45, 7) is 2.76. The van der Waals surface area contributed by atoms with Crippen molar-refractivity contribution in [3.05, 3.63) is 65.6 Å². The summed E-state index contributed by atoms with van der Waals surface area (Å²) in [7, 11) is 0. The maximum atomic E-state index is 9.07. The summed E-state index contributed by atoms with van der Waals surface area (Å²) in [5.41, 5.74) is 3.88. The Morgan fingerprint density at radius 2 is 2.16 bits per heavy atom. The fraction of sp³-hybridized carbons (Fsp3) is 0.125. The summed E-state index contributed by atoms with van der Waals surface area (Å²) in [6.07, 6.45) is 3.71. The lowest BCUT2D eigenvalue weighted by Gasteiger charge is -2.07. The van der Waals surface area contributed by atoms with Crippen molar-refractivity contribution in [1.82, 2.24) is 9.55 Å². The lowest BCUT2D eigenvalue weighted by atomic mass is 10.2. The third-order valence-electron chi connectivity index (χ3n) is 3.26. The molecule has 2 heterocycles. The summed E-state index contributed by atoms with van der Waals surface area (Å²) >= 11 is 0. The minimum absolute atomic E-state index is 0.497. The van der Waals surface area contributed by atoms with E-state index < -0.39 is 0 Å². The molecule has 0 amide bonds. The van der Waals surface area contributed by atoms with Gasteiger partial charge in [-0.15, -0.1) is 0 Å². The first-order chi connectivity index (χ1) is 9.28. The summed E-state index contributed by atoms with van der Waals surface area (Å²) in [6, 6.07) is 14.4. The molecule has 0 saturated heterocycles. The first-order valence-electron chi connectivity index (χ1n) is 6.17. The van der Waals surface area contributed by atoms with Gasteiger partial charge in [0.05, 0.1) is 6.54 Å². The summed E-state index contributed by atoms with van der Waals surface area (Å²) < 4.78 is 2.15. The van der Waals surface area contributed by atoms with Crippen LogP contribution in [0, 0.1) is 18.3 Å². The molecule has 19 heavy (non-hydrogen) atoms. The van der Waals surface area contributed by atoms with Gasteiger partial charge in [0.15, 0.2) is 0 Å². The molecule has 0 atom stereocenters. The van der Waals surface area contributed by atoms with Crippen molar-refractivity contribution in [3.63, 3.8) is 0 Å². The van der Waals surface area contributed by atoms with Gasteiger partial charge in [-0.25, -0.2) is 4.98 Å². The maximum Gasteiger partial charge on any atom is 0.145 e. The minimum Gasteiger partial charge on any atom is -0.343 e. The number of pyridine rings is 1. The predicted molar refractivity (Wildman–Crippen MR) is 74.7 cm³/mol. The lowest BCUT2D eigenvalue weighted by molar-refractivity contribution is 0.827. The Morgan fingerprint density at radius 3 is 3.00 bits per heavy atom. The van der Waals surface area contributed by atoms with Gasteiger partial charge in [0.1, 0.15) is 11.8 Å². The van der Waals surface area contributed by atoms with Gasteiger partial charge in [-0.1, -0.05) is 17.7 Å². The van der Waals surface area contributed by atoms with Crippen molar-refractivity contribution in [1.29, 1.82) is 5.26 Å². The van der Waals surface area contributed by atoms with Crippen molar-refractivity contribution in [3.8, 4) is 6.07 Å². The number of rotatable bonds is 2. The zero-order valence-corrected chi connectivity index (χ0v) is 10.7. The van der Waals surface area contributed by atoms with E-state index in [1.165, 1.54) is 16.5 Å². The standard InChI is InChI=1S/C16H13N3/c1-12-4-5-16-13(9-12)6-8-19(16)11-14-3-2-7-18-15(14)10-17/h2-9H,11H2,1H3. The van der Waals surface area contributed by atoms with Crippen LogP contribution >= 0.6 is 0 Å². The van der Waals surface area contributed by atoms with Crippen LogP contribution in [0.3, 0.4) is 0 Å². The lowest BCUT2D eigenvalue weighted by Crippen LogP contribution is -2.01. The van der Waals surface area contributed by atoms with Gasteiger partial charge < -0.3 is 4.57 Å². The van der Waals surface area contributed by atoms with E-state index in [2.05, 4.69) is 53.0 Å². The molecule has 0 saturated carbocycles. The van der Waals surface area contributed by atoms with Crippen LogP contribution in [-0.2, 0) is 6.54 Å². The second kappa shape index (κ2) is 4.58. The maximum absolute atomic E-state index is 9.07. The van der Waals surface area contributed by atoms with Gasteiger partial charge in [0.25, 0.3) is 0 Å². The first-order valence-corrected chi connectivity index (χ1v) is 6.17. The van der Waals surface area contributed by atoms with Crippen LogP contribution in [0.5, 0.6) is 0 Å². The molecule has 2 aromatic heterocycles. The van der Waals surface area contributed by atoms with Crippen molar-refractivity contribution >= 4 is 10.9 Å². The molecule has 0 radical (unpaired) electrons. The normalized spacial score (nSPS) is 10.5. The molecule has 3 rings (SSSR count). The van der Waals surface area contributed by atoms with Crippen molar-refractivity contribution < 1.29 is 0 Å². The molecule has 1 aromatic carbocycles. The van der Waals surface area contributed by atoms with Crippen LogP contribution in [0.4, 0.5) is 0 Å². The van der Waals surface area contributed by atoms with E-state index in [0.717, 1.165) is 5.56 Å². The fourth-order valence-electron chi connectivity index (χ4n) is 2.31. The Morgan fingerprint density at radius 1 is 1.26 bits per heavy atom. The molecule has 0 unspecified atom stereocenters. The average Bonchev–Trinajstić information content (AvgIpc) is 2.82. The highest BCUT2D eigenvalue weighted by molar-refractivity contribution is 5.80. The van der Waals surface area contributed by atoms with Gasteiger partial charge >= 0.3 is 0 Å². The molecule has 92 valence electrons.